The van der Waals surface area contributed by atoms with Gasteiger partial charge in [0, 0.05) is 16.6 Å². The third kappa shape index (κ3) is 4.80. The highest BCUT2D eigenvalue weighted by Crippen LogP contribution is 2.21. The Hall–Kier alpha value is -0.840. The van der Waals surface area contributed by atoms with Gasteiger partial charge in [-0.15, -0.1) is 0 Å². The number of halogens is 2. The van der Waals surface area contributed by atoms with E-state index in [0.717, 1.165) is 11.3 Å². The van der Waals surface area contributed by atoms with Gasteiger partial charge in [0.15, 0.2) is 5.11 Å². The third-order valence-electron chi connectivity index (χ3n) is 2.07. The maximum absolute atomic E-state index is 6.08. The fourth-order valence-electron chi connectivity index (χ4n) is 1.27. The van der Waals surface area contributed by atoms with Crippen LogP contribution in [-0.2, 0) is 0 Å². The van der Waals surface area contributed by atoms with Gasteiger partial charge in [-0.3, -0.25) is 5.43 Å². The summed E-state index contributed by atoms with van der Waals surface area (Å²) in [6, 6.07) is 5.54. The molecule has 1 aromatic carbocycles. The van der Waals surface area contributed by atoms with Crippen molar-refractivity contribution in [2.24, 2.45) is 5.10 Å². The van der Waals surface area contributed by atoms with E-state index < -0.39 is 0 Å². The lowest BCUT2D eigenvalue weighted by atomic mass is 10.1. The summed E-state index contributed by atoms with van der Waals surface area (Å²) in [7, 11) is 0. The summed E-state index contributed by atoms with van der Waals surface area (Å²) in [4.78, 5) is 0. The molecule has 0 aliphatic carbocycles. The van der Waals surface area contributed by atoms with Crippen molar-refractivity contribution in [1.29, 1.82) is 0 Å². The number of benzene rings is 1. The minimum Gasteiger partial charge on any atom is -0.359 e. The van der Waals surface area contributed by atoms with Crippen LogP contribution in [0.15, 0.2) is 23.3 Å². The molecular formula is C12H15Cl2N3S. The molecular weight excluding hydrogens is 289 g/mol. The largest absolute Gasteiger partial charge is 0.359 e. The fraction of sp³-hybridized carbons (Fsp3) is 0.333. The van der Waals surface area contributed by atoms with Gasteiger partial charge in [-0.1, -0.05) is 29.3 Å². The minimum absolute atomic E-state index is 0.264. The molecule has 0 amide bonds. The van der Waals surface area contributed by atoms with Crippen LogP contribution >= 0.6 is 35.4 Å². The summed E-state index contributed by atoms with van der Waals surface area (Å²) >= 11 is 17.0. The zero-order valence-corrected chi connectivity index (χ0v) is 12.7. The topological polar surface area (TPSA) is 36.4 Å². The van der Waals surface area contributed by atoms with Gasteiger partial charge in [-0.05, 0) is 45.1 Å². The summed E-state index contributed by atoms with van der Waals surface area (Å²) in [5.41, 5.74) is 4.33. The number of nitrogens with zero attached hydrogens (tertiary/aromatic N) is 1. The van der Waals surface area contributed by atoms with Crippen molar-refractivity contribution in [3.8, 4) is 0 Å². The molecule has 0 aromatic heterocycles. The lowest BCUT2D eigenvalue weighted by Crippen LogP contribution is -2.37. The van der Waals surface area contributed by atoms with E-state index in [1.807, 2.05) is 26.8 Å². The summed E-state index contributed by atoms with van der Waals surface area (Å²) in [6.07, 6.45) is 0. The molecule has 0 aliphatic rings. The Morgan fingerprint density at radius 2 is 2.00 bits per heavy atom. The summed E-state index contributed by atoms with van der Waals surface area (Å²) in [5.74, 6) is 0. The number of hydrogen-bond donors (Lipinski definition) is 2. The van der Waals surface area contributed by atoms with Crippen molar-refractivity contribution < 1.29 is 0 Å². The molecule has 0 atom stereocenters. The Balaban J connectivity index is 2.74. The number of hydrazone groups is 1. The summed E-state index contributed by atoms with van der Waals surface area (Å²) < 4.78 is 0. The van der Waals surface area contributed by atoms with E-state index in [9.17, 15) is 0 Å². The fourth-order valence-corrected chi connectivity index (χ4v) is 2.10. The van der Waals surface area contributed by atoms with Gasteiger partial charge < -0.3 is 5.32 Å². The monoisotopic (exact) mass is 303 g/mol. The van der Waals surface area contributed by atoms with E-state index in [0.29, 0.717) is 15.2 Å². The average molecular weight is 304 g/mol. The predicted octanol–water partition coefficient (Wildman–Crippen LogP) is 3.59. The maximum atomic E-state index is 6.08. The second-order valence-corrected chi connectivity index (χ2v) is 5.31. The first kappa shape index (κ1) is 15.2. The molecule has 0 heterocycles. The van der Waals surface area contributed by atoms with E-state index in [1.54, 1.807) is 12.1 Å². The molecule has 1 rings (SSSR count). The van der Waals surface area contributed by atoms with Gasteiger partial charge >= 0.3 is 0 Å². The van der Waals surface area contributed by atoms with Crippen LogP contribution in [0.3, 0.4) is 0 Å². The van der Waals surface area contributed by atoms with Gasteiger partial charge in [-0.2, -0.15) is 5.10 Å². The minimum atomic E-state index is 0.264. The number of nitrogens with one attached hydrogen (secondary N) is 2. The molecule has 3 nitrogen and oxygen atoms in total. The molecule has 0 aliphatic heterocycles. The number of rotatable bonds is 3. The van der Waals surface area contributed by atoms with E-state index in [4.69, 9.17) is 35.4 Å². The van der Waals surface area contributed by atoms with Gasteiger partial charge in [-0.25, -0.2) is 0 Å². The van der Waals surface area contributed by atoms with Crippen molar-refractivity contribution in [1.82, 2.24) is 10.7 Å². The van der Waals surface area contributed by atoms with E-state index in [-0.39, 0.29) is 6.04 Å². The van der Waals surface area contributed by atoms with E-state index in [1.165, 1.54) is 0 Å². The highest BCUT2D eigenvalue weighted by Gasteiger charge is 2.05. The second-order valence-electron chi connectivity index (χ2n) is 4.06. The smallest absolute Gasteiger partial charge is 0.187 e. The first-order valence-corrected chi connectivity index (χ1v) is 6.62. The highest BCUT2D eigenvalue weighted by molar-refractivity contribution is 7.80. The van der Waals surface area contributed by atoms with Crippen LogP contribution in [0.1, 0.15) is 26.3 Å². The van der Waals surface area contributed by atoms with Gasteiger partial charge in [0.1, 0.15) is 0 Å². The number of hydrogen-bond acceptors (Lipinski definition) is 2. The molecule has 0 radical (unpaired) electrons. The molecule has 0 unspecified atom stereocenters. The van der Waals surface area contributed by atoms with Crippen LogP contribution in [0.2, 0.25) is 10.0 Å². The Labute approximate surface area is 123 Å². The standard InChI is InChI=1S/C12H15Cl2N3S/c1-7(2)15-12(18)17-16-8(3)10-5-4-9(13)6-11(10)14/h4-7H,1-3H3,(H2,15,17,18)/b16-8-. The van der Waals surface area contributed by atoms with Crippen LogP contribution in [-0.4, -0.2) is 16.9 Å². The van der Waals surface area contributed by atoms with Crippen LogP contribution in [0.25, 0.3) is 0 Å². The van der Waals surface area contributed by atoms with Crippen molar-refractivity contribution in [3.63, 3.8) is 0 Å². The SMILES string of the molecule is C/C(=N/NC(=S)NC(C)C)c1ccc(Cl)cc1Cl. The quantitative estimate of drug-likeness (QED) is 0.509. The van der Waals surface area contributed by atoms with Crippen LogP contribution in [0.4, 0.5) is 0 Å². The Kier molecular flexibility index (Phi) is 5.85. The first-order chi connectivity index (χ1) is 8.40. The Morgan fingerprint density at radius 1 is 1.33 bits per heavy atom. The van der Waals surface area contributed by atoms with Crippen LogP contribution < -0.4 is 10.7 Å². The lowest BCUT2D eigenvalue weighted by molar-refractivity contribution is 0.719. The molecule has 0 bridgehead atoms. The summed E-state index contributed by atoms with van der Waals surface area (Å²) in [5, 5.41) is 8.85. The average Bonchev–Trinajstić information content (AvgIpc) is 2.25. The van der Waals surface area contributed by atoms with Gasteiger partial charge in [0.25, 0.3) is 0 Å². The Bertz CT molecular complexity index is 472. The number of thiocarbonyl (C=S) groups is 1. The summed E-state index contributed by atoms with van der Waals surface area (Å²) in [6.45, 7) is 5.85. The second kappa shape index (κ2) is 6.92. The van der Waals surface area contributed by atoms with E-state index in [2.05, 4.69) is 15.8 Å². The van der Waals surface area contributed by atoms with Crippen LogP contribution in [0, 0.1) is 0 Å². The van der Waals surface area contributed by atoms with Crippen LogP contribution in [0.5, 0.6) is 0 Å². The molecule has 0 fully saturated rings. The molecule has 0 spiro atoms. The zero-order chi connectivity index (χ0) is 13.7. The van der Waals surface area contributed by atoms with Gasteiger partial charge in [0.05, 0.1) is 10.7 Å². The van der Waals surface area contributed by atoms with E-state index >= 15 is 0 Å². The lowest BCUT2D eigenvalue weighted by Gasteiger charge is -2.11. The highest BCUT2D eigenvalue weighted by atomic mass is 35.5. The molecule has 1 aromatic rings. The zero-order valence-electron chi connectivity index (χ0n) is 10.4. The molecule has 6 heteroatoms. The van der Waals surface area contributed by atoms with Crippen molar-refractivity contribution in [2.75, 3.05) is 0 Å². The maximum Gasteiger partial charge on any atom is 0.187 e. The molecule has 18 heavy (non-hydrogen) atoms. The molecule has 2 N–H and O–H groups in total. The van der Waals surface area contributed by atoms with Crippen molar-refractivity contribution in [3.05, 3.63) is 33.8 Å². The molecule has 98 valence electrons. The molecule has 0 saturated carbocycles. The predicted molar refractivity (Wildman–Crippen MR) is 82.7 cm³/mol. The van der Waals surface area contributed by atoms with Crippen molar-refractivity contribution >= 4 is 46.2 Å². The third-order valence-corrected chi connectivity index (χ3v) is 2.82. The Morgan fingerprint density at radius 3 is 2.56 bits per heavy atom. The normalized spacial score (nSPS) is 11.6. The van der Waals surface area contributed by atoms with Crippen molar-refractivity contribution in [2.45, 2.75) is 26.8 Å². The van der Waals surface area contributed by atoms with Gasteiger partial charge in [0.2, 0.25) is 0 Å². The first-order valence-electron chi connectivity index (χ1n) is 5.46. The molecule has 0 saturated heterocycles.